The van der Waals surface area contributed by atoms with Crippen LogP contribution in [-0.2, 0) is 0 Å². The van der Waals surface area contributed by atoms with Crippen molar-refractivity contribution in [3.63, 3.8) is 0 Å². The van der Waals surface area contributed by atoms with Gasteiger partial charge in [-0.05, 0) is 0 Å². The topological polar surface area (TPSA) is 26.0 Å². The molecule has 0 spiro atoms. The maximum atomic E-state index is 13.2. The summed E-state index contributed by atoms with van der Waals surface area (Å²) < 4.78 is 74.2. The van der Waals surface area contributed by atoms with Crippen LogP contribution in [0.15, 0.2) is 18.2 Å². The molecule has 1 atom stereocenters. The van der Waals surface area contributed by atoms with Gasteiger partial charge < -0.3 is 5.73 Å². The standard InChI is InChI=1S/C9H7F6N/c10-6-4(7(16)9(13,14)15)2-1-3-5(6)8(11)12/h1-3,7-8H,16H2/t7-/m0/s1. The van der Waals surface area contributed by atoms with Gasteiger partial charge in [0, 0.05) is 5.56 Å². The number of nitrogens with two attached hydrogens (primary N) is 1. The molecule has 0 bridgehead atoms. The summed E-state index contributed by atoms with van der Waals surface area (Å²) in [6.45, 7) is 0. The van der Waals surface area contributed by atoms with Crippen molar-refractivity contribution in [1.82, 2.24) is 0 Å². The predicted molar refractivity (Wildman–Crippen MR) is 44.3 cm³/mol. The van der Waals surface area contributed by atoms with E-state index in [9.17, 15) is 26.3 Å². The summed E-state index contributed by atoms with van der Waals surface area (Å²) in [5.74, 6) is -1.61. The molecular formula is C9H7F6N. The molecular weight excluding hydrogens is 236 g/mol. The highest BCUT2D eigenvalue weighted by molar-refractivity contribution is 5.29. The van der Waals surface area contributed by atoms with Crippen LogP contribution in [0.3, 0.4) is 0 Å². The van der Waals surface area contributed by atoms with Crippen molar-refractivity contribution >= 4 is 0 Å². The van der Waals surface area contributed by atoms with Gasteiger partial charge in [0.25, 0.3) is 6.43 Å². The van der Waals surface area contributed by atoms with Gasteiger partial charge in [-0.25, -0.2) is 13.2 Å². The van der Waals surface area contributed by atoms with E-state index in [2.05, 4.69) is 0 Å². The van der Waals surface area contributed by atoms with Crippen LogP contribution >= 0.6 is 0 Å². The summed E-state index contributed by atoms with van der Waals surface area (Å²) in [6.07, 6.45) is -8.05. The summed E-state index contributed by atoms with van der Waals surface area (Å²) in [4.78, 5) is 0. The molecule has 1 nitrogen and oxygen atoms in total. The smallest absolute Gasteiger partial charge is 0.316 e. The number of benzene rings is 1. The number of hydrogen-bond donors (Lipinski definition) is 1. The van der Waals surface area contributed by atoms with Crippen molar-refractivity contribution in [3.05, 3.63) is 35.1 Å². The van der Waals surface area contributed by atoms with Gasteiger partial charge in [0.2, 0.25) is 0 Å². The number of halogens is 6. The van der Waals surface area contributed by atoms with E-state index in [0.717, 1.165) is 12.1 Å². The van der Waals surface area contributed by atoms with Gasteiger partial charge in [-0.3, -0.25) is 0 Å². The second-order valence-corrected chi connectivity index (χ2v) is 3.07. The minimum Gasteiger partial charge on any atom is -0.316 e. The first-order valence-corrected chi connectivity index (χ1v) is 4.14. The van der Waals surface area contributed by atoms with E-state index < -0.39 is 35.6 Å². The number of rotatable bonds is 2. The molecule has 1 aromatic rings. The fourth-order valence-corrected chi connectivity index (χ4v) is 1.15. The molecule has 0 radical (unpaired) electrons. The molecule has 1 rings (SSSR count). The fraction of sp³-hybridized carbons (Fsp3) is 0.333. The van der Waals surface area contributed by atoms with Crippen LogP contribution in [0, 0.1) is 5.82 Å². The molecule has 7 heteroatoms. The van der Waals surface area contributed by atoms with Crippen LogP contribution in [0.4, 0.5) is 26.3 Å². The van der Waals surface area contributed by atoms with Crippen LogP contribution in [0.5, 0.6) is 0 Å². The second-order valence-electron chi connectivity index (χ2n) is 3.07. The zero-order chi connectivity index (χ0) is 12.5. The highest BCUT2D eigenvalue weighted by Gasteiger charge is 2.40. The van der Waals surface area contributed by atoms with Crippen molar-refractivity contribution in [1.29, 1.82) is 0 Å². The zero-order valence-corrected chi connectivity index (χ0v) is 7.73. The Bertz CT molecular complexity index is 373. The van der Waals surface area contributed by atoms with Crippen molar-refractivity contribution in [2.24, 2.45) is 5.73 Å². The first-order valence-electron chi connectivity index (χ1n) is 4.14. The molecule has 1 aromatic carbocycles. The van der Waals surface area contributed by atoms with E-state index in [4.69, 9.17) is 5.73 Å². The van der Waals surface area contributed by atoms with Gasteiger partial charge >= 0.3 is 6.18 Å². The zero-order valence-electron chi connectivity index (χ0n) is 7.73. The molecule has 90 valence electrons. The van der Waals surface area contributed by atoms with E-state index in [1.54, 1.807) is 0 Å². The van der Waals surface area contributed by atoms with Gasteiger partial charge in [-0.1, -0.05) is 18.2 Å². The van der Waals surface area contributed by atoms with Crippen LogP contribution in [0.1, 0.15) is 23.6 Å². The third kappa shape index (κ3) is 2.46. The Hall–Kier alpha value is -1.24. The van der Waals surface area contributed by atoms with Gasteiger partial charge in [-0.2, -0.15) is 13.2 Å². The Balaban J connectivity index is 3.21. The van der Waals surface area contributed by atoms with E-state index in [1.807, 2.05) is 0 Å². The lowest BCUT2D eigenvalue weighted by atomic mass is 10.0. The van der Waals surface area contributed by atoms with Gasteiger partial charge in [0.05, 0.1) is 5.56 Å². The largest absolute Gasteiger partial charge is 0.407 e. The van der Waals surface area contributed by atoms with Crippen LogP contribution in [0.25, 0.3) is 0 Å². The van der Waals surface area contributed by atoms with Crippen LogP contribution < -0.4 is 5.73 Å². The van der Waals surface area contributed by atoms with E-state index >= 15 is 0 Å². The normalized spacial score (nSPS) is 14.2. The molecule has 0 aliphatic carbocycles. The summed E-state index contributed by atoms with van der Waals surface area (Å²) in [7, 11) is 0. The Morgan fingerprint density at radius 3 is 2.00 bits per heavy atom. The van der Waals surface area contributed by atoms with Gasteiger partial charge in [0.1, 0.15) is 11.9 Å². The first-order chi connectivity index (χ1) is 7.25. The third-order valence-electron chi connectivity index (χ3n) is 1.98. The Morgan fingerprint density at radius 2 is 1.56 bits per heavy atom. The second kappa shape index (κ2) is 4.32. The SMILES string of the molecule is N[C@@H](c1cccc(C(F)F)c1F)C(F)(F)F. The van der Waals surface area contributed by atoms with Crippen molar-refractivity contribution < 1.29 is 26.3 Å². The van der Waals surface area contributed by atoms with Crippen molar-refractivity contribution in [2.45, 2.75) is 18.6 Å². The van der Waals surface area contributed by atoms with E-state index in [-0.39, 0.29) is 0 Å². The first kappa shape index (κ1) is 12.8. The average Bonchev–Trinajstić information content (AvgIpc) is 2.15. The monoisotopic (exact) mass is 243 g/mol. The summed E-state index contributed by atoms with van der Waals surface area (Å²) >= 11 is 0. The predicted octanol–water partition coefficient (Wildman–Crippen LogP) is 3.33. The van der Waals surface area contributed by atoms with Crippen molar-refractivity contribution in [2.75, 3.05) is 0 Å². The molecule has 0 aromatic heterocycles. The summed E-state index contributed by atoms with van der Waals surface area (Å²) in [5.41, 5.74) is 2.66. The Labute approximate surface area is 86.9 Å². The summed E-state index contributed by atoms with van der Waals surface area (Å²) in [5, 5.41) is 0. The lowest BCUT2D eigenvalue weighted by molar-refractivity contribution is -0.149. The number of hydrogen-bond acceptors (Lipinski definition) is 1. The van der Waals surface area contributed by atoms with Gasteiger partial charge in [0.15, 0.2) is 0 Å². The number of alkyl halides is 5. The molecule has 0 fully saturated rings. The lowest BCUT2D eigenvalue weighted by Crippen LogP contribution is -2.29. The average molecular weight is 243 g/mol. The molecule has 0 heterocycles. The quantitative estimate of drug-likeness (QED) is 0.792. The third-order valence-corrected chi connectivity index (χ3v) is 1.98. The molecule has 0 aliphatic rings. The Kier molecular flexibility index (Phi) is 3.47. The highest BCUT2D eigenvalue weighted by atomic mass is 19.4. The van der Waals surface area contributed by atoms with E-state index in [0.29, 0.717) is 6.07 Å². The molecule has 0 aliphatic heterocycles. The fourth-order valence-electron chi connectivity index (χ4n) is 1.15. The molecule has 0 unspecified atom stereocenters. The maximum Gasteiger partial charge on any atom is 0.407 e. The minimum atomic E-state index is -4.87. The summed E-state index contributed by atoms with van der Waals surface area (Å²) in [6, 6.07) is -0.247. The highest BCUT2D eigenvalue weighted by Crippen LogP contribution is 2.34. The van der Waals surface area contributed by atoms with Crippen LogP contribution in [-0.4, -0.2) is 6.18 Å². The van der Waals surface area contributed by atoms with Gasteiger partial charge in [-0.15, -0.1) is 0 Å². The van der Waals surface area contributed by atoms with Crippen LogP contribution in [0.2, 0.25) is 0 Å². The van der Waals surface area contributed by atoms with E-state index in [1.165, 1.54) is 0 Å². The molecule has 0 amide bonds. The molecule has 16 heavy (non-hydrogen) atoms. The molecule has 0 saturated heterocycles. The maximum absolute atomic E-state index is 13.2. The minimum absolute atomic E-state index is 0.715. The molecule has 2 N–H and O–H groups in total. The Morgan fingerprint density at radius 1 is 1.06 bits per heavy atom. The van der Waals surface area contributed by atoms with Crippen molar-refractivity contribution in [3.8, 4) is 0 Å². The molecule has 0 saturated carbocycles. The lowest BCUT2D eigenvalue weighted by Gasteiger charge is -2.17.